The maximum absolute atomic E-state index is 12.3. The van der Waals surface area contributed by atoms with E-state index in [9.17, 15) is 8.42 Å². The molecule has 11 heteroatoms. The zero-order valence-corrected chi connectivity index (χ0v) is 17.2. The third-order valence-corrected chi connectivity index (χ3v) is 6.03. The van der Waals surface area contributed by atoms with E-state index in [1.165, 1.54) is 12.5 Å². The summed E-state index contributed by atoms with van der Waals surface area (Å²) in [5, 5.41) is 13.2. The standard InChI is InChI=1S/C17H24N8O2S/c1-17(2,3)16-21-20-13-5-6-14(22-25(13)16)24-8-12(9-24)7-19-28(26,27)15-10-23(4)11-18-15/h5-6,10-12,19H,7-9H2,1-4H3. The first-order chi connectivity index (χ1) is 13.1. The lowest BCUT2D eigenvalue weighted by Gasteiger charge is -2.40. The van der Waals surface area contributed by atoms with Gasteiger partial charge in [0.05, 0.1) is 6.33 Å². The zero-order valence-electron chi connectivity index (χ0n) is 16.4. The normalized spacial score (nSPS) is 15.9. The Hall–Kier alpha value is -2.53. The Bertz CT molecular complexity index is 1110. The van der Waals surface area contributed by atoms with Gasteiger partial charge >= 0.3 is 0 Å². The lowest BCUT2D eigenvalue weighted by molar-refractivity contribution is 0.401. The molecule has 28 heavy (non-hydrogen) atoms. The van der Waals surface area contributed by atoms with Gasteiger partial charge in [-0.25, -0.2) is 18.1 Å². The Morgan fingerprint density at radius 3 is 2.61 bits per heavy atom. The monoisotopic (exact) mass is 404 g/mol. The lowest BCUT2D eigenvalue weighted by Crippen LogP contribution is -2.52. The van der Waals surface area contributed by atoms with Crippen LogP contribution in [0, 0.1) is 5.92 Å². The molecule has 10 nitrogen and oxygen atoms in total. The molecular formula is C17H24N8O2S. The number of hydrogen-bond donors (Lipinski definition) is 1. The van der Waals surface area contributed by atoms with Crippen LogP contribution >= 0.6 is 0 Å². The van der Waals surface area contributed by atoms with Gasteiger partial charge in [-0.2, -0.15) is 4.52 Å². The third-order valence-electron chi connectivity index (χ3n) is 4.72. The number of fused-ring (bicyclic) bond motifs is 1. The summed E-state index contributed by atoms with van der Waals surface area (Å²) < 4.78 is 30.6. The number of rotatable bonds is 5. The molecule has 3 aromatic rings. The van der Waals surface area contributed by atoms with Gasteiger partial charge in [-0.3, -0.25) is 0 Å². The molecule has 0 aliphatic carbocycles. The molecule has 0 aromatic carbocycles. The van der Waals surface area contributed by atoms with E-state index < -0.39 is 10.0 Å². The van der Waals surface area contributed by atoms with Crippen molar-refractivity contribution in [3.8, 4) is 0 Å². The third kappa shape index (κ3) is 3.47. The molecule has 0 bridgehead atoms. The first kappa shape index (κ1) is 18.8. The van der Waals surface area contributed by atoms with Crippen molar-refractivity contribution in [1.82, 2.24) is 34.1 Å². The highest BCUT2D eigenvalue weighted by Crippen LogP contribution is 2.25. The molecule has 4 heterocycles. The van der Waals surface area contributed by atoms with Crippen LogP contribution in [-0.2, 0) is 22.5 Å². The minimum Gasteiger partial charge on any atom is -0.354 e. The molecule has 0 amide bonds. The van der Waals surface area contributed by atoms with E-state index in [0.717, 1.165) is 24.7 Å². The SMILES string of the molecule is Cn1cnc(S(=O)(=O)NCC2CN(c3ccc4nnc(C(C)(C)C)n4n3)C2)c1. The second-order valence-electron chi connectivity index (χ2n) is 8.24. The van der Waals surface area contributed by atoms with E-state index in [4.69, 9.17) is 0 Å². The number of anilines is 1. The molecule has 150 valence electrons. The van der Waals surface area contributed by atoms with E-state index in [2.05, 4.69) is 50.7 Å². The van der Waals surface area contributed by atoms with E-state index in [1.807, 2.05) is 12.1 Å². The van der Waals surface area contributed by atoms with Crippen molar-refractivity contribution < 1.29 is 8.42 Å². The summed E-state index contributed by atoms with van der Waals surface area (Å²) in [6.07, 6.45) is 2.96. The van der Waals surface area contributed by atoms with Gasteiger partial charge in [0.25, 0.3) is 10.0 Å². The van der Waals surface area contributed by atoms with Gasteiger partial charge in [-0.15, -0.1) is 15.3 Å². The van der Waals surface area contributed by atoms with Crippen molar-refractivity contribution in [1.29, 1.82) is 0 Å². The number of hydrogen-bond acceptors (Lipinski definition) is 7. The Balaban J connectivity index is 1.40. The average Bonchev–Trinajstić information content (AvgIpc) is 3.19. The summed E-state index contributed by atoms with van der Waals surface area (Å²) in [7, 11) is -1.84. The van der Waals surface area contributed by atoms with Gasteiger partial charge in [-0.05, 0) is 12.1 Å². The molecule has 1 N–H and O–H groups in total. The van der Waals surface area contributed by atoms with Gasteiger partial charge in [0, 0.05) is 44.2 Å². The van der Waals surface area contributed by atoms with Gasteiger partial charge in [0.1, 0.15) is 5.82 Å². The average molecular weight is 405 g/mol. The van der Waals surface area contributed by atoms with E-state index in [0.29, 0.717) is 12.2 Å². The molecule has 1 fully saturated rings. The smallest absolute Gasteiger partial charge is 0.259 e. The van der Waals surface area contributed by atoms with Crippen LogP contribution in [0.25, 0.3) is 5.65 Å². The number of imidazole rings is 1. The summed E-state index contributed by atoms with van der Waals surface area (Å²) in [5.74, 6) is 1.87. The molecule has 1 aliphatic heterocycles. The van der Waals surface area contributed by atoms with E-state index in [1.54, 1.807) is 16.1 Å². The Morgan fingerprint density at radius 2 is 1.96 bits per heavy atom. The van der Waals surface area contributed by atoms with Crippen molar-refractivity contribution in [2.45, 2.75) is 31.2 Å². The summed E-state index contributed by atoms with van der Waals surface area (Å²) in [6.45, 7) is 8.06. The maximum atomic E-state index is 12.3. The molecule has 0 saturated carbocycles. The Labute approximate surface area is 163 Å². The lowest BCUT2D eigenvalue weighted by atomic mass is 9.96. The van der Waals surface area contributed by atoms with Crippen molar-refractivity contribution in [2.75, 3.05) is 24.5 Å². The predicted molar refractivity (Wildman–Crippen MR) is 104 cm³/mol. The van der Waals surface area contributed by atoms with Gasteiger partial charge in [0.15, 0.2) is 16.5 Å². The fourth-order valence-electron chi connectivity index (χ4n) is 3.13. The van der Waals surface area contributed by atoms with Crippen LogP contribution in [0.4, 0.5) is 5.82 Å². The predicted octanol–water partition coefficient (Wildman–Crippen LogP) is 0.570. The van der Waals surface area contributed by atoms with Crippen LogP contribution in [0.3, 0.4) is 0 Å². The quantitative estimate of drug-likeness (QED) is 0.662. The van der Waals surface area contributed by atoms with Crippen LogP contribution in [-0.4, -0.2) is 57.4 Å². The van der Waals surface area contributed by atoms with Crippen molar-refractivity contribution >= 4 is 21.5 Å². The van der Waals surface area contributed by atoms with Crippen LogP contribution in [0.2, 0.25) is 0 Å². The van der Waals surface area contributed by atoms with Crippen molar-refractivity contribution in [3.63, 3.8) is 0 Å². The first-order valence-corrected chi connectivity index (χ1v) is 10.6. The highest BCUT2D eigenvalue weighted by Gasteiger charge is 2.30. The number of aromatic nitrogens is 6. The summed E-state index contributed by atoms with van der Waals surface area (Å²) in [6, 6.07) is 3.83. The molecular weight excluding hydrogens is 380 g/mol. The maximum Gasteiger partial charge on any atom is 0.259 e. The number of nitrogens with one attached hydrogen (secondary N) is 1. The zero-order chi connectivity index (χ0) is 20.1. The van der Waals surface area contributed by atoms with Crippen molar-refractivity contribution in [2.24, 2.45) is 13.0 Å². The Morgan fingerprint density at radius 1 is 1.21 bits per heavy atom. The van der Waals surface area contributed by atoms with Gasteiger partial charge < -0.3 is 9.47 Å². The second kappa shape index (κ2) is 6.52. The van der Waals surface area contributed by atoms with Crippen LogP contribution in [0.5, 0.6) is 0 Å². The van der Waals surface area contributed by atoms with Crippen LogP contribution in [0.15, 0.2) is 29.7 Å². The van der Waals surface area contributed by atoms with E-state index >= 15 is 0 Å². The van der Waals surface area contributed by atoms with Crippen LogP contribution in [0.1, 0.15) is 26.6 Å². The summed E-state index contributed by atoms with van der Waals surface area (Å²) >= 11 is 0. The molecule has 0 atom stereocenters. The minimum absolute atomic E-state index is 0.0422. The summed E-state index contributed by atoms with van der Waals surface area (Å²) in [5.41, 5.74) is 0.556. The fraction of sp³-hybridized carbons (Fsp3) is 0.529. The highest BCUT2D eigenvalue weighted by molar-refractivity contribution is 7.89. The Kier molecular flexibility index (Phi) is 4.38. The highest BCUT2D eigenvalue weighted by atomic mass is 32.2. The fourth-order valence-corrected chi connectivity index (χ4v) is 4.22. The van der Waals surface area contributed by atoms with Crippen molar-refractivity contribution in [3.05, 3.63) is 30.5 Å². The largest absolute Gasteiger partial charge is 0.354 e. The first-order valence-electron chi connectivity index (χ1n) is 9.09. The molecule has 4 rings (SSSR count). The van der Waals surface area contributed by atoms with Gasteiger partial charge in [-0.1, -0.05) is 20.8 Å². The number of sulfonamides is 1. The number of aryl methyl sites for hydroxylation is 1. The molecule has 1 saturated heterocycles. The molecule has 0 unspecified atom stereocenters. The molecule has 3 aromatic heterocycles. The summed E-state index contributed by atoms with van der Waals surface area (Å²) in [4.78, 5) is 6.02. The van der Waals surface area contributed by atoms with E-state index in [-0.39, 0.29) is 16.4 Å². The minimum atomic E-state index is -3.57. The molecule has 1 aliphatic rings. The second-order valence-corrected chi connectivity index (χ2v) is 9.95. The number of nitrogens with zero attached hydrogens (tertiary/aromatic N) is 7. The van der Waals surface area contributed by atoms with Gasteiger partial charge in [0.2, 0.25) is 0 Å². The topological polar surface area (TPSA) is 110 Å². The molecule has 0 radical (unpaired) electrons. The van der Waals surface area contributed by atoms with Crippen LogP contribution < -0.4 is 9.62 Å². The molecule has 0 spiro atoms.